The highest BCUT2D eigenvalue weighted by atomic mass is 79.9. The van der Waals surface area contributed by atoms with Gasteiger partial charge in [-0.2, -0.15) is 0 Å². The number of hydrogen-bond donors (Lipinski definition) is 2. The third-order valence-corrected chi connectivity index (χ3v) is 6.18. The lowest BCUT2D eigenvalue weighted by molar-refractivity contribution is 0.0974. The lowest BCUT2D eigenvalue weighted by Gasteiger charge is -2.14. The highest BCUT2D eigenvalue weighted by molar-refractivity contribution is 9.10. The molecule has 174 valence electrons. The standard InChI is InChI=1S/C25H21BrClN3O3S/c1-12-7-13(2)22-20(8-12)29-24(33-22)17-11-16(5-6-19(17)27)28-25(34)30-23(31)18-10-15(26)9-14(3)21(18)32-4/h5-11H,1-4H3,(H2,28,30,31,34). The molecular formula is C25H21BrClN3O3S. The first-order valence-electron chi connectivity index (χ1n) is 10.3. The molecule has 0 aliphatic carbocycles. The summed E-state index contributed by atoms with van der Waals surface area (Å²) in [5, 5.41) is 6.32. The van der Waals surface area contributed by atoms with Crippen molar-refractivity contribution < 1.29 is 13.9 Å². The van der Waals surface area contributed by atoms with E-state index in [9.17, 15) is 4.79 Å². The van der Waals surface area contributed by atoms with Crippen molar-refractivity contribution in [2.75, 3.05) is 12.4 Å². The molecule has 0 spiro atoms. The Morgan fingerprint density at radius 3 is 2.62 bits per heavy atom. The summed E-state index contributed by atoms with van der Waals surface area (Å²) in [7, 11) is 1.52. The van der Waals surface area contributed by atoms with E-state index >= 15 is 0 Å². The maximum absolute atomic E-state index is 12.8. The summed E-state index contributed by atoms with van der Waals surface area (Å²) in [4.78, 5) is 17.5. The molecule has 0 radical (unpaired) electrons. The lowest BCUT2D eigenvalue weighted by Crippen LogP contribution is -2.34. The molecule has 1 aromatic heterocycles. The predicted octanol–water partition coefficient (Wildman–Crippen LogP) is 6.97. The van der Waals surface area contributed by atoms with E-state index < -0.39 is 5.91 Å². The van der Waals surface area contributed by atoms with Gasteiger partial charge in [0, 0.05) is 10.2 Å². The van der Waals surface area contributed by atoms with Crippen molar-refractivity contribution >= 4 is 67.6 Å². The van der Waals surface area contributed by atoms with Gasteiger partial charge in [-0.1, -0.05) is 33.6 Å². The Morgan fingerprint density at radius 2 is 1.88 bits per heavy atom. The number of fused-ring (bicyclic) bond motifs is 1. The van der Waals surface area contributed by atoms with E-state index in [2.05, 4.69) is 31.5 Å². The Kier molecular flexibility index (Phi) is 6.93. The van der Waals surface area contributed by atoms with Gasteiger partial charge in [-0.25, -0.2) is 4.98 Å². The molecule has 1 heterocycles. The van der Waals surface area contributed by atoms with Crippen molar-refractivity contribution in [2.24, 2.45) is 0 Å². The monoisotopic (exact) mass is 557 g/mol. The van der Waals surface area contributed by atoms with Gasteiger partial charge in [-0.05, 0) is 86.1 Å². The Bertz CT molecular complexity index is 1450. The molecule has 4 rings (SSSR count). The molecule has 0 fully saturated rings. The van der Waals surface area contributed by atoms with E-state index in [1.807, 2.05) is 39.0 Å². The normalized spacial score (nSPS) is 10.9. The minimum absolute atomic E-state index is 0.127. The molecule has 34 heavy (non-hydrogen) atoms. The number of thiocarbonyl (C=S) groups is 1. The number of carbonyl (C=O) groups is 1. The number of nitrogens with zero attached hydrogens (tertiary/aromatic N) is 1. The summed E-state index contributed by atoms with van der Waals surface area (Å²) in [6, 6.07) is 12.8. The van der Waals surface area contributed by atoms with Gasteiger partial charge in [-0.15, -0.1) is 0 Å². The van der Waals surface area contributed by atoms with Crippen LogP contribution in [0.1, 0.15) is 27.0 Å². The fourth-order valence-electron chi connectivity index (χ4n) is 3.76. The SMILES string of the molecule is COc1c(C)cc(Br)cc1C(=O)NC(=S)Nc1ccc(Cl)c(-c2nc3cc(C)cc(C)c3o2)c1. The van der Waals surface area contributed by atoms with E-state index in [1.54, 1.807) is 24.3 Å². The summed E-state index contributed by atoms with van der Waals surface area (Å²) in [5.41, 5.74) is 6.01. The molecule has 0 saturated carbocycles. The number of hydrogen-bond acceptors (Lipinski definition) is 5. The van der Waals surface area contributed by atoms with Crippen molar-refractivity contribution in [2.45, 2.75) is 20.8 Å². The predicted molar refractivity (Wildman–Crippen MR) is 143 cm³/mol. The van der Waals surface area contributed by atoms with E-state index in [4.69, 9.17) is 33.0 Å². The van der Waals surface area contributed by atoms with E-state index in [-0.39, 0.29) is 5.11 Å². The zero-order chi connectivity index (χ0) is 24.6. The van der Waals surface area contributed by atoms with Crippen LogP contribution in [0, 0.1) is 20.8 Å². The number of aromatic nitrogens is 1. The van der Waals surface area contributed by atoms with Crippen LogP contribution >= 0.6 is 39.7 Å². The van der Waals surface area contributed by atoms with Crippen LogP contribution in [0.25, 0.3) is 22.6 Å². The zero-order valence-corrected chi connectivity index (χ0v) is 22.0. The van der Waals surface area contributed by atoms with Crippen LogP contribution < -0.4 is 15.4 Å². The van der Waals surface area contributed by atoms with Gasteiger partial charge in [-0.3, -0.25) is 10.1 Å². The van der Waals surface area contributed by atoms with Crippen LogP contribution in [0.2, 0.25) is 5.02 Å². The molecule has 3 aromatic carbocycles. The Morgan fingerprint density at radius 1 is 1.12 bits per heavy atom. The minimum Gasteiger partial charge on any atom is -0.496 e. The molecule has 0 bridgehead atoms. The van der Waals surface area contributed by atoms with Gasteiger partial charge in [0.2, 0.25) is 5.89 Å². The summed E-state index contributed by atoms with van der Waals surface area (Å²) < 4.78 is 12.2. The van der Waals surface area contributed by atoms with Crippen LogP contribution in [0.5, 0.6) is 5.75 Å². The first-order valence-corrected chi connectivity index (χ1v) is 11.9. The molecular weight excluding hydrogens is 538 g/mol. The number of methoxy groups -OCH3 is 1. The Labute approximate surface area is 215 Å². The van der Waals surface area contributed by atoms with Gasteiger partial charge in [0.1, 0.15) is 11.3 Å². The minimum atomic E-state index is -0.391. The summed E-state index contributed by atoms with van der Waals surface area (Å²) in [5.74, 6) is 0.498. The second-order valence-corrected chi connectivity index (χ2v) is 9.59. The number of rotatable bonds is 4. The van der Waals surface area contributed by atoms with Gasteiger partial charge in [0.15, 0.2) is 10.7 Å². The maximum Gasteiger partial charge on any atom is 0.261 e. The molecule has 1 amide bonds. The number of oxazole rings is 1. The van der Waals surface area contributed by atoms with Crippen molar-refractivity contribution in [3.8, 4) is 17.2 Å². The number of amides is 1. The molecule has 0 saturated heterocycles. The fraction of sp³-hybridized carbons (Fsp3) is 0.160. The quantitative estimate of drug-likeness (QED) is 0.263. The van der Waals surface area contributed by atoms with E-state index in [0.717, 1.165) is 32.3 Å². The van der Waals surface area contributed by atoms with Crippen molar-refractivity contribution in [3.63, 3.8) is 0 Å². The number of nitrogens with one attached hydrogen (secondary N) is 2. The third kappa shape index (κ3) is 4.94. The second-order valence-electron chi connectivity index (χ2n) is 7.86. The molecule has 0 aliphatic heterocycles. The number of benzene rings is 3. The highest BCUT2D eigenvalue weighted by Crippen LogP contribution is 2.33. The Hall–Kier alpha value is -2.94. The van der Waals surface area contributed by atoms with Gasteiger partial charge in [0.05, 0.1) is 23.3 Å². The van der Waals surface area contributed by atoms with Gasteiger partial charge < -0.3 is 14.5 Å². The van der Waals surface area contributed by atoms with E-state index in [1.165, 1.54) is 7.11 Å². The average Bonchev–Trinajstić information content (AvgIpc) is 3.18. The molecule has 9 heteroatoms. The van der Waals surface area contributed by atoms with Crippen molar-refractivity contribution in [1.29, 1.82) is 0 Å². The third-order valence-electron chi connectivity index (χ3n) is 5.19. The number of carbonyl (C=O) groups excluding carboxylic acids is 1. The molecule has 6 nitrogen and oxygen atoms in total. The fourth-order valence-corrected chi connectivity index (χ4v) is 4.74. The average molecular weight is 559 g/mol. The Balaban J connectivity index is 1.57. The largest absolute Gasteiger partial charge is 0.496 e. The van der Waals surface area contributed by atoms with Crippen LogP contribution in [0.3, 0.4) is 0 Å². The number of anilines is 1. The molecule has 4 aromatic rings. The smallest absolute Gasteiger partial charge is 0.261 e. The molecule has 0 aliphatic rings. The van der Waals surface area contributed by atoms with Crippen molar-refractivity contribution in [1.82, 2.24) is 10.3 Å². The molecule has 2 N–H and O–H groups in total. The maximum atomic E-state index is 12.8. The zero-order valence-electron chi connectivity index (χ0n) is 18.9. The number of halogens is 2. The first-order chi connectivity index (χ1) is 16.2. The van der Waals surface area contributed by atoms with Gasteiger partial charge in [0.25, 0.3) is 5.91 Å². The summed E-state index contributed by atoms with van der Waals surface area (Å²) in [6.45, 7) is 5.85. The molecule has 0 atom stereocenters. The summed E-state index contributed by atoms with van der Waals surface area (Å²) in [6.07, 6.45) is 0. The van der Waals surface area contributed by atoms with Gasteiger partial charge >= 0.3 is 0 Å². The first kappa shape index (κ1) is 24.2. The highest BCUT2D eigenvalue weighted by Gasteiger charge is 2.18. The van der Waals surface area contributed by atoms with Crippen LogP contribution in [-0.2, 0) is 0 Å². The molecule has 0 unspecified atom stereocenters. The summed E-state index contributed by atoms with van der Waals surface area (Å²) >= 11 is 15.2. The van der Waals surface area contributed by atoms with Crippen LogP contribution in [-0.4, -0.2) is 23.1 Å². The second kappa shape index (κ2) is 9.74. The van der Waals surface area contributed by atoms with Crippen molar-refractivity contribution in [3.05, 3.63) is 74.2 Å². The lowest BCUT2D eigenvalue weighted by atomic mass is 10.1. The van der Waals surface area contributed by atoms with E-state index in [0.29, 0.717) is 33.5 Å². The number of ether oxygens (including phenoxy) is 1. The topological polar surface area (TPSA) is 76.4 Å². The van der Waals surface area contributed by atoms with Crippen LogP contribution in [0.15, 0.2) is 51.4 Å². The number of aryl methyl sites for hydroxylation is 3. The van der Waals surface area contributed by atoms with Crippen LogP contribution in [0.4, 0.5) is 5.69 Å².